The number of nitrogens with one attached hydrogen (secondary N) is 1. The molecule has 2 rings (SSSR count). The summed E-state index contributed by atoms with van der Waals surface area (Å²) in [5.74, 6) is -0.600. The maximum Gasteiger partial charge on any atom is 0.407 e. The summed E-state index contributed by atoms with van der Waals surface area (Å²) in [6, 6.07) is 5.59. The number of ether oxygens (including phenoxy) is 5. The lowest BCUT2D eigenvalue weighted by atomic mass is 10.1. The van der Waals surface area contributed by atoms with Crippen LogP contribution in [0.25, 0.3) is 0 Å². The predicted molar refractivity (Wildman–Crippen MR) is 261 cm³/mol. The zero-order valence-corrected chi connectivity index (χ0v) is 40.5. The third kappa shape index (κ3) is 32.9. The van der Waals surface area contributed by atoms with Crippen molar-refractivity contribution >= 4 is 18.0 Å². The van der Waals surface area contributed by atoms with Gasteiger partial charge in [-0.05, 0) is 125 Å². The highest BCUT2D eigenvalue weighted by Gasteiger charge is 2.15. The summed E-state index contributed by atoms with van der Waals surface area (Å²) in [6.45, 7) is 11.2. The highest BCUT2D eigenvalue weighted by Crippen LogP contribution is 2.17. The van der Waals surface area contributed by atoms with E-state index in [4.69, 9.17) is 23.7 Å². The van der Waals surface area contributed by atoms with Gasteiger partial charge in [-0.1, -0.05) is 127 Å². The van der Waals surface area contributed by atoms with Crippen molar-refractivity contribution in [2.24, 2.45) is 0 Å². The van der Waals surface area contributed by atoms with E-state index in [1.54, 1.807) is 0 Å². The molecule has 1 heterocycles. The first kappa shape index (κ1) is 56.4. The molecule has 1 aliphatic heterocycles. The predicted octanol–water partition coefficient (Wildman–Crippen LogP) is 13.3. The third-order valence-electron chi connectivity index (χ3n) is 11.1. The topological polar surface area (TPSA) is 113 Å². The molecule has 1 N–H and O–H groups in total. The molecule has 0 aliphatic carbocycles. The van der Waals surface area contributed by atoms with Crippen LogP contribution in [-0.2, 0) is 53.1 Å². The van der Waals surface area contributed by atoms with Crippen LogP contribution in [-0.4, -0.2) is 68.6 Å². The molecule has 10 nitrogen and oxygen atoms in total. The number of alkyl carbamates (subject to hydrolysis) is 1. The second-order valence-electron chi connectivity index (χ2n) is 17.0. The molecule has 1 fully saturated rings. The number of benzene rings is 1. The summed E-state index contributed by atoms with van der Waals surface area (Å²) >= 11 is 0. The van der Waals surface area contributed by atoms with Crippen molar-refractivity contribution in [2.45, 2.75) is 201 Å². The fourth-order valence-corrected chi connectivity index (χ4v) is 7.27. The smallest absolute Gasteiger partial charge is 0.407 e. The minimum Gasteiger partial charge on any atom is -0.461 e. The van der Waals surface area contributed by atoms with Crippen LogP contribution < -0.4 is 5.32 Å². The Morgan fingerprint density at radius 3 is 1.61 bits per heavy atom. The lowest BCUT2D eigenvalue weighted by Gasteiger charge is -2.18. The molecule has 10 heteroatoms. The quantitative estimate of drug-likeness (QED) is 0.0226. The highest BCUT2D eigenvalue weighted by atomic mass is 16.7. The highest BCUT2D eigenvalue weighted by molar-refractivity contribution is 5.70. The Balaban J connectivity index is 1.87. The van der Waals surface area contributed by atoms with Gasteiger partial charge >= 0.3 is 18.0 Å². The maximum absolute atomic E-state index is 13.0. The lowest BCUT2D eigenvalue weighted by molar-refractivity contribution is -0.158. The van der Waals surface area contributed by atoms with Crippen LogP contribution in [0.3, 0.4) is 0 Å². The number of carbonyl (C=O) groups excluding carboxylic acids is 3. The number of esters is 2. The Kier molecular flexibility index (Phi) is 35.9. The second-order valence-corrected chi connectivity index (χ2v) is 17.0. The number of amides is 1. The molecule has 1 amide bonds. The Bertz CT molecular complexity index is 1430. The largest absolute Gasteiger partial charge is 0.461 e. The lowest BCUT2D eigenvalue weighted by Crippen LogP contribution is -2.33. The third-order valence-corrected chi connectivity index (χ3v) is 11.1. The molecule has 0 radical (unpaired) electrons. The van der Waals surface area contributed by atoms with Gasteiger partial charge < -0.3 is 33.9 Å². The van der Waals surface area contributed by atoms with Crippen LogP contribution in [0.1, 0.15) is 192 Å². The van der Waals surface area contributed by atoms with E-state index in [1.165, 1.54) is 64.2 Å². The maximum atomic E-state index is 13.0. The van der Waals surface area contributed by atoms with E-state index in [9.17, 15) is 14.4 Å². The minimum absolute atomic E-state index is 0.0269. The Morgan fingerprint density at radius 1 is 0.562 bits per heavy atom. The normalized spacial score (nSPS) is 13.4. The van der Waals surface area contributed by atoms with E-state index in [0.29, 0.717) is 32.6 Å². The Morgan fingerprint density at radius 2 is 1.03 bits per heavy atom. The standard InChI is InChI=1S/C54H88N2O8/c1-4-7-10-13-16-17-18-19-20-21-22-23-24-25-28-33-51(57)62-45-48-42-49(44-50(43-48)47-64-54(59)55-36-39-56-37-29-30-38-56)46-63-52(58)34-35-53(60-40-31-26-14-11-8-5-2)61-41-32-27-15-12-9-6-3/h14-17,19-20,26-27,42-44,53H,4-13,18,21-25,28-41,45-47H2,1-3H3,(H,55,59)/b17-16-,20-19-,26-14-,27-15-. The van der Waals surface area contributed by atoms with Gasteiger partial charge in [-0.3, -0.25) is 9.59 Å². The van der Waals surface area contributed by atoms with Crippen LogP contribution in [0, 0.1) is 0 Å². The van der Waals surface area contributed by atoms with Gasteiger partial charge in [0.15, 0.2) is 6.29 Å². The molecule has 0 bridgehead atoms. The molecular formula is C54H88N2O8. The van der Waals surface area contributed by atoms with E-state index >= 15 is 0 Å². The van der Waals surface area contributed by atoms with Crippen LogP contribution in [0.4, 0.5) is 4.79 Å². The number of unbranched alkanes of at least 4 members (excludes halogenated alkanes) is 12. The van der Waals surface area contributed by atoms with Gasteiger partial charge in [-0.2, -0.15) is 0 Å². The first-order valence-corrected chi connectivity index (χ1v) is 25.3. The van der Waals surface area contributed by atoms with Gasteiger partial charge in [0, 0.05) is 25.9 Å². The van der Waals surface area contributed by atoms with Crippen molar-refractivity contribution in [3.63, 3.8) is 0 Å². The van der Waals surface area contributed by atoms with E-state index in [2.05, 4.69) is 79.6 Å². The number of allylic oxidation sites excluding steroid dienone is 6. The van der Waals surface area contributed by atoms with Crippen molar-refractivity contribution < 1.29 is 38.1 Å². The summed E-state index contributed by atoms with van der Waals surface area (Å²) in [6.07, 6.45) is 40.9. The van der Waals surface area contributed by atoms with Gasteiger partial charge in [-0.15, -0.1) is 0 Å². The van der Waals surface area contributed by atoms with Gasteiger partial charge in [0.1, 0.15) is 19.8 Å². The molecule has 0 aromatic heterocycles. The second kappa shape index (κ2) is 40.8. The molecule has 1 aromatic rings. The van der Waals surface area contributed by atoms with E-state index < -0.39 is 12.4 Å². The molecule has 1 aliphatic rings. The molecule has 0 unspecified atom stereocenters. The molecule has 0 atom stereocenters. The molecular weight excluding hydrogens is 805 g/mol. The van der Waals surface area contributed by atoms with Crippen molar-refractivity contribution in [3.8, 4) is 0 Å². The number of rotatable bonds is 40. The van der Waals surface area contributed by atoms with Crippen LogP contribution in [0.2, 0.25) is 0 Å². The van der Waals surface area contributed by atoms with Crippen molar-refractivity contribution in [1.29, 1.82) is 0 Å². The van der Waals surface area contributed by atoms with Gasteiger partial charge in [0.25, 0.3) is 0 Å². The fraction of sp³-hybridized carbons (Fsp3) is 0.685. The monoisotopic (exact) mass is 893 g/mol. The first-order chi connectivity index (χ1) is 31.4. The number of carbonyl (C=O) groups is 3. The fourth-order valence-electron chi connectivity index (χ4n) is 7.27. The summed E-state index contributed by atoms with van der Waals surface area (Å²) in [5, 5.41) is 2.84. The van der Waals surface area contributed by atoms with Crippen molar-refractivity contribution in [1.82, 2.24) is 10.2 Å². The van der Waals surface area contributed by atoms with E-state index in [-0.39, 0.29) is 38.2 Å². The van der Waals surface area contributed by atoms with Gasteiger partial charge in [-0.25, -0.2) is 4.79 Å². The average Bonchev–Trinajstić information content (AvgIpc) is 3.82. The first-order valence-electron chi connectivity index (χ1n) is 25.3. The molecule has 1 saturated heterocycles. The number of hydrogen-bond donors (Lipinski definition) is 1. The summed E-state index contributed by atoms with van der Waals surface area (Å²) in [4.78, 5) is 40.6. The van der Waals surface area contributed by atoms with Crippen LogP contribution in [0.15, 0.2) is 66.8 Å². The summed E-state index contributed by atoms with van der Waals surface area (Å²) in [7, 11) is 0. The zero-order chi connectivity index (χ0) is 46.0. The van der Waals surface area contributed by atoms with Gasteiger partial charge in [0.05, 0.1) is 19.6 Å². The number of likely N-dealkylation sites (tertiary alicyclic amines) is 1. The molecule has 362 valence electrons. The Hall–Kier alpha value is -3.73. The minimum atomic E-state index is -0.506. The summed E-state index contributed by atoms with van der Waals surface area (Å²) in [5.41, 5.74) is 2.18. The zero-order valence-electron chi connectivity index (χ0n) is 40.5. The van der Waals surface area contributed by atoms with Crippen LogP contribution in [0.5, 0.6) is 0 Å². The molecule has 64 heavy (non-hydrogen) atoms. The number of hydrogen-bond acceptors (Lipinski definition) is 9. The molecule has 0 saturated carbocycles. The van der Waals surface area contributed by atoms with E-state index in [0.717, 1.165) is 107 Å². The van der Waals surface area contributed by atoms with E-state index in [1.807, 2.05) is 18.2 Å². The van der Waals surface area contributed by atoms with Crippen molar-refractivity contribution in [2.75, 3.05) is 39.4 Å². The van der Waals surface area contributed by atoms with Gasteiger partial charge in [0.2, 0.25) is 0 Å². The number of nitrogens with zero attached hydrogens (tertiary/aromatic N) is 1. The molecule has 0 spiro atoms. The van der Waals surface area contributed by atoms with Crippen LogP contribution >= 0.6 is 0 Å². The SMILES string of the molecule is CCCC/C=C\CCOC(CCC(=O)OCc1cc(COC(=O)CCCCCCC/C=C\C/C=C\CCCCC)cc(COC(=O)NCCN2CCCC2)c1)OCC/C=C\CCCC. The molecule has 1 aromatic carbocycles. The average molecular weight is 893 g/mol. The van der Waals surface area contributed by atoms with Crippen molar-refractivity contribution in [3.05, 3.63) is 83.5 Å². The Labute approximate surface area is 389 Å². The summed E-state index contributed by atoms with van der Waals surface area (Å²) < 4.78 is 29.1.